The summed E-state index contributed by atoms with van der Waals surface area (Å²) in [5, 5.41) is 2.76. The second kappa shape index (κ2) is 7.62. The van der Waals surface area contributed by atoms with Crippen LogP contribution in [-0.2, 0) is 9.59 Å². The summed E-state index contributed by atoms with van der Waals surface area (Å²) in [6.07, 6.45) is 7.96. The Hall–Kier alpha value is -1.10. The lowest BCUT2D eigenvalue weighted by atomic mass is 9.78. The van der Waals surface area contributed by atoms with Crippen molar-refractivity contribution < 1.29 is 9.59 Å². The minimum Gasteiger partial charge on any atom is -0.356 e. The van der Waals surface area contributed by atoms with Crippen LogP contribution in [0.15, 0.2) is 0 Å². The average molecular weight is 281 g/mol. The molecule has 20 heavy (non-hydrogen) atoms. The molecule has 2 fully saturated rings. The summed E-state index contributed by atoms with van der Waals surface area (Å²) in [5.74, 6) is 0.509. The Morgan fingerprint density at radius 3 is 2.70 bits per heavy atom. The molecule has 5 heteroatoms. The lowest BCUT2D eigenvalue weighted by Gasteiger charge is -2.44. The van der Waals surface area contributed by atoms with E-state index in [4.69, 9.17) is 5.73 Å². The first kappa shape index (κ1) is 15.3. The predicted octanol–water partition coefficient (Wildman–Crippen LogP) is 1.02. The van der Waals surface area contributed by atoms with Crippen LogP contribution in [-0.4, -0.2) is 42.4 Å². The molecular formula is C15H27N3O2. The van der Waals surface area contributed by atoms with Crippen molar-refractivity contribution in [3.05, 3.63) is 0 Å². The van der Waals surface area contributed by atoms with Crippen molar-refractivity contribution in [1.82, 2.24) is 10.2 Å². The van der Waals surface area contributed by atoms with Gasteiger partial charge in [0.25, 0.3) is 0 Å². The summed E-state index contributed by atoms with van der Waals surface area (Å²) in [6.45, 7) is 1.95. The summed E-state index contributed by atoms with van der Waals surface area (Å²) in [4.78, 5) is 26.1. The molecular weight excluding hydrogens is 254 g/mol. The van der Waals surface area contributed by atoms with Crippen LogP contribution < -0.4 is 11.1 Å². The molecule has 3 N–H and O–H groups in total. The number of nitrogens with zero attached hydrogens (tertiary/aromatic N) is 1. The van der Waals surface area contributed by atoms with Crippen molar-refractivity contribution in [2.45, 2.75) is 57.4 Å². The highest BCUT2D eigenvalue weighted by molar-refractivity contribution is 5.97. The Balaban J connectivity index is 1.82. The first-order chi connectivity index (χ1) is 9.72. The Morgan fingerprint density at radius 1 is 1.15 bits per heavy atom. The van der Waals surface area contributed by atoms with Crippen LogP contribution in [0.4, 0.5) is 0 Å². The summed E-state index contributed by atoms with van der Waals surface area (Å²) in [6, 6.07) is 0.391. The maximum atomic E-state index is 12.3. The van der Waals surface area contributed by atoms with E-state index in [0.29, 0.717) is 25.0 Å². The highest BCUT2D eigenvalue weighted by atomic mass is 16.2. The highest BCUT2D eigenvalue weighted by Gasteiger charge is 2.35. The van der Waals surface area contributed by atoms with E-state index in [9.17, 15) is 9.59 Å². The topological polar surface area (TPSA) is 75.4 Å². The van der Waals surface area contributed by atoms with Crippen LogP contribution in [0.25, 0.3) is 0 Å². The van der Waals surface area contributed by atoms with Gasteiger partial charge in [-0.05, 0) is 44.6 Å². The Labute approximate surface area is 121 Å². The number of hydrogen-bond acceptors (Lipinski definition) is 3. The van der Waals surface area contributed by atoms with Gasteiger partial charge in [-0.15, -0.1) is 0 Å². The lowest BCUT2D eigenvalue weighted by Crippen LogP contribution is -2.50. The highest BCUT2D eigenvalue weighted by Crippen LogP contribution is 2.35. The van der Waals surface area contributed by atoms with Crippen LogP contribution in [0.3, 0.4) is 0 Å². The van der Waals surface area contributed by atoms with Crippen molar-refractivity contribution in [2.24, 2.45) is 11.7 Å². The molecule has 2 atom stereocenters. The van der Waals surface area contributed by atoms with E-state index in [1.807, 2.05) is 4.90 Å². The van der Waals surface area contributed by atoms with Crippen LogP contribution in [0.1, 0.15) is 51.4 Å². The van der Waals surface area contributed by atoms with Gasteiger partial charge in [0.15, 0.2) is 0 Å². The fraction of sp³-hybridized carbons (Fsp3) is 0.867. The summed E-state index contributed by atoms with van der Waals surface area (Å²) in [7, 11) is 0. The van der Waals surface area contributed by atoms with E-state index in [-0.39, 0.29) is 18.2 Å². The first-order valence-electron chi connectivity index (χ1n) is 7.98. The molecule has 5 nitrogen and oxygen atoms in total. The maximum Gasteiger partial charge on any atom is 0.232 e. The molecule has 0 bridgehead atoms. The standard InChI is InChI=1S/C15H27N3O2/c16-8-4-9-17-14(19)11-15(20)18-10-3-6-12-5-1-2-7-13(12)18/h12-13H,1-11,16H2,(H,17,19). The number of piperidine rings is 1. The molecule has 2 amide bonds. The summed E-state index contributed by atoms with van der Waals surface area (Å²) in [5.41, 5.74) is 5.38. The average Bonchev–Trinajstić information content (AvgIpc) is 2.47. The molecule has 1 saturated carbocycles. The van der Waals surface area contributed by atoms with Gasteiger partial charge in [-0.3, -0.25) is 9.59 Å². The van der Waals surface area contributed by atoms with Gasteiger partial charge in [-0.1, -0.05) is 12.8 Å². The molecule has 2 unspecified atom stereocenters. The van der Waals surface area contributed by atoms with E-state index in [1.165, 1.54) is 25.7 Å². The minimum absolute atomic E-state index is 0.00616. The molecule has 0 aromatic carbocycles. The monoisotopic (exact) mass is 281 g/mol. The second-order valence-electron chi connectivity index (χ2n) is 6.01. The SMILES string of the molecule is NCCCNC(=O)CC(=O)N1CCCC2CCCCC21. The number of nitrogens with two attached hydrogens (primary N) is 1. The summed E-state index contributed by atoms with van der Waals surface area (Å²) < 4.78 is 0. The lowest BCUT2D eigenvalue weighted by molar-refractivity contribution is -0.141. The van der Waals surface area contributed by atoms with Crippen molar-refractivity contribution in [1.29, 1.82) is 0 Å². The number of hydrogen-bond donors (Lipinski definition) is 2. The molecule has 2 rings (SSSR count). The molecule has 0 spiro atoms. The van der Waals surface area contributed by atoms with Gasteiger partial charge >= 0.3 is 0 Å². The van der Waals surface area contributed by atoms with Gasteiger partial charge in [-0.2, -0.15) is 0 Å². The van der Waals surface area contributed by atoms with Crippen molar-refractivity contribution in [3.63, 3.8) is 0 Å². The fourth-order valence-corrected chi connectivity index (χ4v) is 3.57. The third-order valence-electron chi connectivity index (χ3n) is 4.58. The van der Waals surface area contributed by atoms with E-state index < -0.39 is 0 Å². The molecule has 114 valence electrons. The molecule has 0 aromatic rings. The van der Waals surface area contributed by atoms with Crippen LogP contribution >= 0.6 is 0 Å². The van der Waals surface area contributed by atoms with Crippen molar-refractivity contribution >= 4 is 11.8 Å². The number of fused-ring (bicyclic) bond motifs is 1. The quantitative estimate of drug-likeness (QED) is 0.583. The molecule has 2 aliphatic rings. The Morgan fingerprint density at radius 2 is 1.90 bits per heavy atom. The van der Waals surface area contributed by atoms with Crippen molar-refractivity contribution in [3.8, 4) is 0 Å². The number of likely N-dealkylation sites (tertiary alicyclic amines) is 1. The zero-order valence-corrected chi connectivity index (χ0v) is 12.3. The van der Waals surface area contributed by atoms with E-state index in [2.05, 4.69) is 5.32 Å². The van der Waals surface area contributed by atoms with Gasteiger partial charge in [0.1, 0.15) is 6.42 Å². The van der Waals surface area contributed by atoms with Gasteiger partial charge < -0.3 is 16.0 Å². The second-order valence-corrected chi connectivity index (χ2v) is 6.01. The van der Waals surface area contributed by atoms with E-state index in [0.717, 1.165) is 25.8 Å². The molecule has 1 heterocycles. The fourth-order valence-electron chi connectivity index (χ4n) is 3.57. The number of carbonyl (C=O) groups is 2. The third-order valence-corrected chi connectivity index (χ3v) is 4.58. The normalized spacial score (nSPS) is 25.9. The van der Waals surface area contributed by atoms with Crippen LogP contribution in [0.5, 0.6) is 0 Å². The molecule has 1 aliphatic heterocycles. The molecule has 1 aliphatic carbocycles. The number of amides is 2. The first-order valence-corrected chi connectivity index (χ1v) is 7.98. The van der Waals surface area contributed by atoms with Gasteiger partial charge in [0, 0.05) is 19.1 Å². The molecule has 0 radical (unpaired) electrons. The van der Waals surface area contributed by atoms with Crippen molar-refractivity contribution in [2.75, 3.05) is 19.6 Å². The van der Waals surface area contributed by atoms with Gasteiger partial charge in [0.2, 0.25) is 11.8 Å². The van der Waals surface area contributed by atoms with Gasteiger partial charge in [0.05, 0.1) is 0 Å². The number of nitrogens with one attached hydrogen (secondary N) is 1. The smallest absolute Gasteiger partial charge is 0.232 e. The maximum absolute atomic E-state index is 12.3. The van der Waals surface area contributed by atoms with E-state index in [1.54, 1.807) is 0 Å². The predicted molar refractivity (Wildman–Crippen MR) is 78.0 cm³/mol. The minimum atomic E-state index is -0.165. The molecule has 1 saturated heterocycles. The molecule has 0 aromatic heterocycles. The summed E-state index contributed by atoms with van der Waals surface area (Å²) >= 11 is 0. The van der Waals surface area contributed by atoms with Crippen LogP contribution in [0, 0.1) is 5.92 Å². The number of carbonyl (C=O) groups excluding carboxylic acids is 2. The zero-order valence-electron chi connectivity index (χ0n) is 12.3. The largest absolute Gasteiger partial charge is 0.356 e. The third kappa shape index (κ3) is 3.95. The van der Waals surface area contributed by atoms with Gasteiger partial charge in [-0.25, -0.2) is 0 Å². The Bertz CT molecular complexity index is 344. The number of rotatable bonds is 5. The van der Waals surface area contributed by atoms with Crippen LogP contribution in [0.2, 0.25) is 0 Å². The zero-order chi connectivity index (χ0) is 14.4. The van der Waals surface area contributed by atoms with E-state index >= 15 is 0 Å². The Kier molecular flexibility index (Phi) is 5.83.